The summed E-state index contributed by atoms with van der Waals surface area (Å²) in [7, 11) is 1.38. The molecule has 1 aromatic rings. The Morgan fingerprint density at radius 1 is 1.52 bits per heavy atom. The Bertz CT molecular complexity index is 521. The molecule has 0 spiro atoms. The van der Waals surface area contributed by atoms with E-state index in [1.807, 2.05) is 0 Å². The van der Waals surface area contributed by atoms with Crippen molar-refractivity contribution in [2.24, 2.45) is 11.7 Å². The van der Waals surface area contributed by atoms with Crippen molar-refractivity contribution in [3.8, 4) is 5.75 Å². The van der Waals surface area contributed by atoms with Crippen LogP contribution in [0.3, 0.4) is 0 Å². The lowest BCUT2D eigenvalue weighted by atomic mass is 9.73. The maximum absolute atomic E-state index is 13.4. The summed E-state index contributed by atoms with van der Waals surface area (Å²) in [6.07, 6.45) is 4.18. The Morgan fingerprint density at radius 3 is 2.90 bits per heavy atom. The zero-order valence-corrected chi connectivity index (χ0v) is 12.6. The second-order valence-electron chi connectivity index (χ2n) is 5.81. The topological polar surface area (TPSA) is 64.3 Å². The molecule has 1 aliphatic carbocycles. The van der Waals surface area contributed by atoms with Gasteiger partial charge in [-0.15, -0.1) is 0 Å². The average Bonchev–Trinajstić information content (AvgIpc) is 2.50. The van der Waals surface area contributed by atoms with Crippen LogP contribution >= 0.6 is 0 Å². The molecule has 1 fully saturated rings. The van der Waals surface area contributed by atoms with Crippen LogP contribution in [0.25, 0.3) is 0 Å². The quantitative estimate of drug-likeness (QED) is 0.896. The molecule has 1 aliphatic rings. The number of carbonyl (C=O) groups is 1. The number of amides is 1. The summed E-state index contributed by atoms with van der Waals surface area (Å²) >= 11 is 0. The van der Waals surface area contributed by atoms with Gasteiger partial charge in [-0.3, -0.25) is 4.79 Å². The van der Waals surface area contributed by atoms with Gasteiger partial charge in [0.1, 0.15) is 0 Å². The summed E-state index contributed by atoms with van der Waals surface area (Å²) in [4.78, 5) is 12.5. The second-order valence-corrected chi connectivity index (χ2v) is 5.81. The first-order valence-corrected chi connectivity index (χ1v) is 7.38. The first kappa shape index (κ1) is 15.8. The maximum Gasteiger partial charge on any atom is 0.251 e. The van der Waals surface area contributed by atoms with Crippen LogP contribution in [0, 0.1) is 11.7 Å². The fourth-order valence-electron chi connectivity index (χ4n) is 3.05. The molecule has 0 aromatic heterocycles. The molecule has 4 nitrogen and oxygen atoms in total. The number of nitrogens with two attached hydrogens (primary N) is 1. The molecule has 0 aliphatic heterocycles. The van der Waals surface area contributed by atoms with Crippen LogP contribution in [0.1, 0.15) is 43.0 Å². The van der Waals surface area contributed by atoms with Gasteiger partial charge in [-0.1, -0.05) is 19.8 Å². The number of rotatable bonds is 4. The van der Waals surface area contributed by atoms with Crippen LogP contribution < -0.4 is 15.8 Å². The van der Waals surface area contributed by atoms with Gasteiger partial charge in [-0.05, 0) is 37.0 Å². The zero-order chi connectivity index (χ0) is 15.5. The lowest BCUT2D eigenvalue weighted by Gasteiger charge is -2.42. The third-order valence-electron chi connectivity index (χ3n) is 4.59. The Labute approximate surface area is 124 Å². The highest BCUT2D eigenvalue weighted by atomic mass is 19.1. The zero-order valence-electron chi connectivity index (χ0n) is 12.6. The number of halogens is 1. The first-order chi connectivity index (χ1) is 10.0. The molecule has 1 saturated carbocycles. The number of carbonyl (C=O) groups excluding carboxylic acids is 1. The predicted octanol–water partition coefficient (Wildman–Crippen LogP) is 2.47. The number of benzene rings is 1. The lowest BCUT2D eigenvalue weighted by molar-refractivity contribution is 0.0812. The van der Waals surface area contributed by atoms with Crippen molar-refractivity contribution in [1.82, 2.24) is 5.32 Å². The highest BCUT2D eigenvalue weighted by molar-refractivity contribution is 5.95. The van der Waals surface area contributed by atoms with Crippen LogP contribution in [-0.4, -0.2) is 25.1 Å². The van der Waals surface area contributed by atoms with E-state index in [0.717, 1.165) is 19.3 Å². The Morgan fingerprint density at radius 2 is 2.29 bits per heavy atom. The molecule has 0 bridgehead atoms. The van der Waals surface area contributed by atoms with Crippen molar-refractivity contribution in [2.75, 3.05) is 13.7 Å². The summed E-state index contributed by atoms with van der Waals surface area (Å²) in [5, 5.41) is 3.08. The lowest BCUT2D eigenvalue weighted by Crippen LogP contribution is -2.59. The van der Waals surface area contributed by atoms with Crippen molar-refractivity contribution in [3.63, 3.8) is 0 Å². The summed E-state index contributed by atoms with van der Waals surface area (Å²) in [5.74, 6) is -0.301. The molecule has 2 atom stereocenters. The summed E-state index contributed by atoms with van der Waals surface area (Å²) < 4.78 is 18.3. The molecule has 2 rings (SSSR count). The van der Waals surface area contributed by atoms with E-state index in [0.29, 0.717) is 18.0 Å². The van der Waals surface area contributed by atoms with Crippen molar-refractivity contribution in [1.29, 1.82) is 0 Å². The molecular weight excluding hydrogens is 271 g/mol. The van der Waals surface area contributed by atoms with Gasteiger partial charge >= 0.3 is 0 Å². The molecule has 116 valence electrons. The van der Waals surface area contributed by atoms with Gasteiger partial charge in [0.25, 0.3) is 5.91 Å². The number of nitrogens with one attached hydrogen (secondary N) is 1. The molecule has 2 unspecified atom stereocenters. The Kier molecular flexibility index (Phi) is 4.83. The predicted molar refractivity (Wildman–Crippen MR) is 79.8 cm³/mol. The smallest absolute Gasteiger partial charge is 0.251 e. The molecule has 0 radical (unpaired) electrons. The Balaban J connectivity index is 2.19. The van der Waals surface area contributed by atoms with Gasteiger partial charge in [0.2, 0.25) is 0 Å². The van der Waals surface area contributed by atoms with Crippen LogP contribution in [0.4, 0.5) is 4.39 Å². The summed E-state index contributed by atoms with van der Waals surface area (Å²) in [6.45, 7) is 2.54. The maximum atomic E-state index is 13.4. The molecule has 21 heavy (non-hydrogen) atoms. The molecule has 0 saturated heterocycles. The highest BCUT2D eigenvalue weighted by Crippen LogP contribution is 2.33. The van der Waals surface area contributed by atoms with Crippen LogP contribution in [-0.2, 0) is 0 Å². The van der Waals surface area contributed by atoms with E-state index in [2.05, 4.69) is 12.2 Å². The van der Waals surface area contributed by atoms with Crippen molar-refractivity contribution in [3.05, 3.63) is 29.6 Å². The molecule has 0 heterocycles. The second kappa shape index (κ2) is 6.43. The van der Waals surface area contributed by atoms with E-state index in [9.17, 15) is 9.18 Å². The fraction of sp³-hybridized carbons (Fsp3) is 0.562. The van der Waals surface area contributed by atoms with Crippen molar-refractivity contribution in [2.45, 2.75) is 38.1 Å². The third kappa shape index (κ3) is 3.18. The number of ether oxygens (including phenoxy) is 1. The first-order valence-electron chi connectivity index (χ1n) is 7.38. The van der Waals surface area contributed by atoms with E-state index in [1.54, 1.807) is 0 Å². The van der Waals surface area contributed by atoms with Crippen LogP contribution in [0.5, 0.6) is 5.75 Å². The molecule has 3 N–H and O–H groups in total. The third-order valence-corrected chi connectivity index (χ3v) is 4.59. The van der Waals surface area contributed by atoms with E-state index < -0.39 is 5.82 Å². The van der Waals surface area contributed by atoms with Gasteiger partial charge in [-0.25, -0.2) is 4.39 Å². The van der Waals surface area contributed by atoms with E-state index in [1.165, 1.54) is 31.7 Å². The summed E-state index contributed by atoms with van der Waals surface area (Å²) in [6, 6.07) is 4.13. The van der Waals surface area contributed by atoms with E-state index in [-0.39, 0.29) is 17.2 Å². The average molecular weight is 294 g/mol. The number of methoxy groups -OCH3 is 1. The van der Waals surface area contributed by atoms with Gasteiger partial charge < -0.3 is 15.8 Å². The van der Waals surface area contributed by atoms with Gasteiger partial charge in [0.15, 0.2) is 11.6 Å². The largest absolute Gasteiger partial charge is 0.494 e. The monoisotopic (exact) mass is 294 g/mol. The Hall–Kier alpha value is -1.62. The fourth-order valence-corrected chi connectivity index (χ4v) is 3.05. The minimum Gasteiger partial charge on any atom is -0.494 e. The van der Waals surface area contributed by atoms with Crippen LogP contribution in [0.2, 0.25) is 0 Å². The standard InChI is InChI=1S/C16H23FN2O2/c1-11-5-3-4-8-16(11,10-18)19-15(20)12-6-7-13(17)14(9-12)21-2/h6-7,9,11H,3-5,8,10,18H2,1-2H3,(H,19,20). The van der Waals surface area contributed by atoms with Crippen LogP contribution in [0.15, 0.2) is 18.2 Å². The van der Waals surface area contributed by atoms with Gasteiger partial charge in [-0.2, -0.15) is 0 Å². The number of hydrogen-bond donors (Lipinski definition) is 2. The van der Waals surface area contributed by atoms with E-state index >= 15 is 0 Å². The number of hydrogen-bond acceptors (Lipinski definition) is 3. The highest BCUT2D eigenvalue weighted by Gasteiger charge is 2.38. The molecular formula is C16H23FN2O2. The normalized spacial score (nSPS) is 25.4. The minimum absolute atomic E-state index is 0.0705. The minimum atomic E-state index is -0.478. The summed E-state index contributed by atoms with van der Waals surface area (Å²) in [5.41, 5.74) is 5.96. The van der Waals surface area contributed by atoms with Gasteiger partial charge in [0, 0.05) is 12.1 Å². The SMILES string of the molecule is COc1cc(C(=O)NC2(CN)CCCCC2C)ccc1F. The molecule has 1 aromatic carbocycles. The van der Waals surface area contributed by atoms with Gasteiger partial charge in [0.05, 0.1) is 12.6 Å². The molecule has 5 heteroatoms. The molecule has 1 amide bonds. The van der Waals surface area contributed by atoms with E-state index in [4.69, 9.17) is 10.5 Å². The van der Waals surface area contributed by atoms with Crippen molar-refractivity contribution < 1.29 is 13.9 Å². The van der Waals surface area contributed by atoms with Crippen molar-refractivity contribution >= 4 is 5.91 Å².